The zero-order valence-electron chi connectivity index (χ0n) is 11.7. The molecule has 0 aliphatic heterocycles. The van der Waals surface area contributed by atoms with Crippen LogP contribution in [0.1, 0.15) is 32.1 Å². The summed E-state index contributed by atoms with van der Waals surface area (Å²) in [4.78, 5) is 18.4. The Bertz CT molecular complexity index is 683. The molecule has 0 saturated heterocycles. The second-order valence-corrected chi connectivity index (χ2v) is 5.81. The summed E-state index contributed by atoms with van der Waals surface area (Å²) in [7, 11) is 0. The first-order chi connectivity index (χ1) is 10.2. The standard InChI is InChI=1S/C16H16N2O2S/c1-12-5-6-15(21-12)11-18-16(20)14-8-13(9-17-10-14)4-2-3-7-19/h5-6,8-10,19H,3,7,11H2,1H3,(H,18,20). The van der Waals surface area contributed by atoms with Crippen molar-refractivity contribution in [1.29, 1.82) is 0 Å². The molecule has 2 aromatic heterocycles. The number of carbonyl (C=O) groups excluding carboxylic acids is 1. The van der Waals surface area contributed by atoms with Crippen molar-refractivity contribution in [3.05, 3.63) is 51.5 Å². The van der Waals surface area contributed by atoms with E-state index in [1.807, 2.05) is 19.1 Å². The van der Waals surface area contributed by atoms with Gasteiger partial charge in [-0.25, -0.2) is 0 Å². The third-order valence-electron chi connectivity index (χ3n) is 2.69. The van der Waals surface area contributed by atoms with Gasteiger partial charge in [0.1, 0.15) is 0 Å². The van der Waals surface area contributed by atoms with E-state index in [0.29, 0.717) is 24.1 Å². The number of thiophene rings is 1. The van der Waals surface area contributed by atoms with E-state index >= 15 is 0 Å². The zero-order valence-corrected chi connectivity index (χ0v) is 12.5. The first-order valence-electron chi connectivity index (χ1n) is 6.57. The van der Waals surface area contributed by atoms with Crippen LogP contribution >= 0.6 is 11.3 Å². The predicted molar refractivity (Wildman–Crippen MR) is 83.0 cm³/mol. The van der Waals surface area contributed by atoms with Gasteiger partial charge in [0, 0.05) is 34.1 Å². The van der Waals surface area contributed by atoms with Crippen molar-refractivity contribution in [2.75, 3.05) is 6.61 Å². The maximum atomic E-state index is 12.1. The number of aryl methyl sites for hydroxylation is 1. The largest absolute Gasteiger partial charge is 0.395 e. The third kappa shape index (κ3) is 4.71. The topological polar surface area (TPSA) is 62.2 Å². The van der Waals surface area contributed by atoms with Crippen molar-refractivity contribution in [3.63, 3.8) is 0 Å². The molecule has 0 spiro atoms. The molecule has 4 nitrogen and oxygen atoms in total. The Balaban J connectivity index is 1.99. The average Bonchev–Trinajstić information content (AvgIpc) is 2.91. The molecule has 0 saturated carbocycles. The van der Waals surface area contributed by atoms with E-state index < -0.39 is 0 Å². The molecular formula is C16H16N2O2S. The summed E-state index contributed by atoms with van der Waals surface area (Å²) >= 11 is 1.67. The predicted octanol–water partition coefficient (Wildman–Crippen LogP) is 2.12. The molecule has 2 aromatic rings. The lowest BCUT2D eigenvalue weighted by Gasteiger charge is -2.03. The molecule has 0 radical (unpaired) electrons. The van der Waals surface area contributed by atoms with E-state index in [4.69, 9.17) is 5.11 Å². The number of amides is 1. The van der Waals surface area contributed by atoms with Crippen LogP contribution in [-0.4, -0.2) is 22.6 Å². The molecule has 108 valence electrons. The van der Waals surface area contributed by atoms with Gasteiger partial charge in [0.15, 0.2) is 0 Å². The highest BCUT2D eigenvalue weighted by atomic mass is 32.1. The summed E-state index contributed by atoms with van der Waals surface area (Å²) in [6.07, 6.45) is 3.53. The van der Waals surface area contributed by atoms with Gasteiger partial charge in [0.25, 0.3) is 5.91 Å². The number of nitrogens with zero attached hydrogens (tertiary/aromatic N) is 1. The quantitative estimate of drug-likeness (QED) is 0.850. The first kappa shape index (κ1) is 15.2. The summed E-state index contributed by atoms with van der Waals surface area (Å²) < 4.78 is 0. The Morgan fingerprint density at radius 2 is 2.29 bits per heavy atom. The molecule has 1 amide bonds. The van der Waals surface area contributed by atoms with Gasteiger partial charge in [-0.05, 0) is 25.1 Å². The number of aliphatic hydroxyl groups excluding tert-OH is 1. The fraction of sp³-hybridized carbons (Fsp3) is 0.250. The van der Waals surface area contributed by atoms with Crippen molar-refractivity contribution < 1.29 is 9.90 Å². The highest BCUT2D eigenvalue weighted by Crippen LogP contribution is 2.14. The van der Waals surface area contributed by atoms with Gasteiger partial charge in [-0.3, -0.25) is 9.78 Å². The van der Waals surface area contributed by atoms with Crippen LogP contribution in [0.3, 0.4) is 0 Å². The molecule has 0 aromatic carbocycles. The lowest BCUT2D eigenvalue weighted by atomic mass is 10.2. The SMILES string of the molecule is Cc1ccc(CNC(=O)c2cncc(C#CCCO)c2)s1. The second kappa shape index (κ2) is 7.58. The molecule has 0 fully saturated rings. The molecule has 2 N–H and O–H groups in total. The summed E-state index contributed by atoms with van der Waals surface area (Å²) in [5.41, 5.74) is 1.15. The van der Waals surface area contributed by atoms with E-state index in [1.54, 1.807) is 23.6 Å². The summed E-state index contributed by atoms with van der Waals surface area (Å²) in [5, 5.41) is 11.6. The molecule has 2 heterocycles. The van der Waals surface area contributed by atoms with Crippen molar-refractivity contribution in [2.45, 2.75) is 19.9 Å². The first-order valence-corrected chi connectivity index (χ1v) is 7.39. The van der Waals surface area contributed by atoms with Gasteiger partial charge in [0.2, 0.25) is 0 Å². The molecule has 0 atom stereocenters. The number of aliphatic hydroxyl groups is 1. The van der Waals surface area contributed by atoms with Gasteiger partial charge < -0.3 is 10.4 Å². The minimum atomic E-state index is -0.167. The smallest absolute Gasteiger partial charge is 0.253 e. The van der Waals surface area contributed by atoms with Crippen molar-refractivity contribution >= 4 is 17.2 Å². The Kier molecular flexibility index (Phi) is 5.50. The molecule has 0 bridgehead atoms. The summed E-state index contributed by atoms with van der Waals surface area (Å²) in [6.45, 7) is 2.58. The van der Waals surface area contributed by atoms with Crippen molar-refractivity contribution in [3.8, 4) is 11.8 Å². The van der Waals surface area contributed by atoms with Crippen molar-refractivity contribution in [1.82, 2.24) is 10.3 Å². The maximum Gasteiger partial charge on any atom is 0.253 e. The number of hydrogen-bond acceptors (Lipinski definition) is 4. The Morgan fingerprint density at radius 3 is 3.00 bits per heavy atom. The number of pyridine rings is 1. The highest BCUT2D eigenvalue weighted by molar-refractivity contribution is 7.11. The van der Waals surface area contributed by atoms with E-state index in [0.717, 1.165) is 4.88 Å². The minimum Gasteiger partial charge on any atom is -0.395 e. The van der Waals surface area contributed by atoms with Crippen molar-refractivity contribution in [2.24, 2.45) is 0 Å². The molecule has 0 aliphatic rings. The summed E-state index contributed by atoms with van der Waals surface area (Å²) in [6, 6.07) is 5.74. The Labute approximate surface area is 127 Å². The average molecular weight is 300 g/mol. The van der Waals surface area contributed by atoms with Gasteiger partial charge in [0.05, 0.1) is 18.7 Å². The monoisotopic (exact) mass is 300 g/mol. The minimum absolute atomic E-state index is 0.0286. The normalized spacial score (nSPS) is 9.81. The molecule has 0 unspecified atom stereocenters. The van der Waals surface area contributed by atoms with Crippen LogP contribution < -0.4 is 5.32 Å². The van der Waals surface area contributed by atoms with E-state index in [2.05, 4.69) is 22.1 Å². The van der Waals surface area contributed by atoms with Crippen LogP contribution in [0.25, 0.3) is 0 Å². The number of hydrogen-bond donors (Lipinski definition) is 2. The molecule has 0 aliphatic carbocycles. The molecule has 2 rings (SSSR count). The maximum absolute atomic E-state index is 12.1. The van der Waals surface area contributed by atoms with Crippen LogP contribution in [0.4, 0.5) is 0 Å². The van der Waals surface area contributed by atoms with Crippen LogP contribution in [0.2, 0.25) is 0 Å². The summed E-state index contributed by atoms with van der Waals surface area (Å²) in [5.74, 6) is 5.51. The van der Waals surface area contributed by atoms with Crippen LogP contribution in [0.15, 0.2) is 30.6 Å². The number of aromatic nitrogens is 1. The van der Waals surface area contributed by atoms with E-state index in [9.17, 15) is 4.79 Å². The van der Waals surface area contributed by atoms with E-state index in [-0.39, 0.29) is 12.5 Å². The van der Waals surface area contributed by atoms with Gasteiger partial charge in [-0.15, -0.1) is 11.3 Å². The third-order valence-corrected chi connectivity index (χ3v) is 3.69. The van der Waals surface area contributed by atoms with Crippen LogP contribution in [0.5, 0.6) is 0 Å². The van der Waals surface area contributed by atoms with E-state index in [1.165, 1.54) is 11.1 Å². The number of rotatable bonds is 4. The fourth-order valence-corrected chi connectivity index (χ4v) is 2.53. The number of nitrogens with one attached hydrogen (secondary N) is 1. The van der Waals surface area contributed by atoms with Gasteiger partial charge >= 0.3 is 0 Å². The fourth-order valence-electron chi connectivity index (χ4n) is 1.70. The highest BCUT2D eigenvalue weighted by Gasteiger charge is 2.07. The lowest BCUT2D eigenvalue weighted by Crippen LogP contribution is -2.22. The van der Waals surface area contributed by atoms with Gasteiger partial charge in [-0.2, -0.15) is 0 Å². The van der Waals surface area contributed by atoms with Crippen LogP contribution in [0, 0.1) is 18.8 Å². The molecular weight excluding hydrogens is 284 g/mol. The Hall–Kier alpha value is -2.16. The Morgan fingerprint density at radius 1 is 1.43 bits per heavy atom. The second-order valence-electron chi connectivity index (χ2n) is 4.43. The number of carbonyl (C=O) groups is 1. The van der Waals surface area contributed by atoms with Crippen LogP contribution in [-0.2, 0) is 6.54 Å². The molecule has 21 heavy (non-hydrogen) atoms. The lowest BCUT2D eigenvalue weighted by molar-refractivity contribution is 0.0951. The zero-order chi connectivity index (χ0) is 15.1. The molecule has 5 heteroatoms. The van der Waals surface area contributed by atoms with Gasteiger partial charge in [-0.1, -0.05) is 11.8 Å².